The van der Waals surface area contributed by atoms with Gasteiger partial charge in [-0.3, -0.25) is 4.79 Å². The van der Waals surface area contributed by atoms with Crippen LogP contribution in [-0.2, 0) is 20.6 Å². The van der Waals surface area contributed by atoms with Gasteiger partial charge in [0.2, 0.25) is 15.9 Å². The normalized spacial score (nSPS) is 11.3. The van der Waals surface area contributed by atoms with E-state index in [9.17, 15) is 13.2 Å². The van der Waals surface area contributed by atoms with Crippen molar-refractivity contribution in [2.45, 2.75) is 31.9 Å². The van der Waals surface area contributed by atoms with E-state index in [0.717, 1.165) is 5.75 Å². The van der Waals surface area contributed by atoms with Crippen molar-refractivity contribution in [1.29, 1.82) is 0 Å². The number of rotatable bonds is 11. The molecule has 0 fully saturated rings. The van der Waals surface area contributed by atoms with Crippen molar-refractivity contribution >= 4 is 21.6 Å². The summed E-state index contributed by atoms with van der Waals surface area (Å²) in [5.41, 5.74) is 2.48. The maximum Gasteiger partial charge on any atom is 0.227 e. The lowest BCUT2D eigenvalue weighted by Crippen LogP contribution is -2.25. The molecule has 29 heavy (non-hydrogen) atoms. The maximum atomic E-state index is 12.1. The van der Waals surface area contributed by atoms with E-state index in [-0.39, 0.29) is 31.2 Å². The van der Waals surface area contributed by atoms with Crippen molar-refractivity contribution in [2.75, 3.05) is 18.5 Å². The fourth-order valence-electron chi connectivity index (χ4n) is 2.57. The van der Waals surface area contributed by atoms with Crippen LogP contribution in [0, 0.1) is 0 Å². The Morgan fingerprint density at radius 2 is 1.76 bits per heavy atom. The van der Waals surface area contributed by atoms with Crippen LogP contribution >= 0.6 is 0 Å². The van der Waals surface area contributed by atoms with Gasteiger partial charge in [0, 0.05) is 12.2 Å². The third-order valence-corrected chi connectivity index (χ3v) is 5.51. The lowest BCUT2D eigenvalue weighted by Gasteiger charge is -2.10. The molecule has 0 aliphatic rings. The molecule has 0 heterocycles. The van der Waals surface area contributed by atoms with Gasteiger partial charge in [0.1, 0.15) is 5.75 Å². The van der Waals surface area contributed by atoms with Crippen molar-refractivity contribution in [3.05, 3.63) is 72.3 Å². The standard InChI is InChI=1S/C22H28N2O4S/c1-4-14-23-29(26,27)16-18-5-9-20(10-6-18)24-22(25)13-15-28-21-11-7-19(8-12-21)17(2)3/h4-12,17,23H,1,13-16H2,2-3H3,(H,24,25). The molecule has 0 saturated heterocycles. The van der Waals surface area contributed by atoms with E-state index in [1.54, 1.807) is 24.3 Å². The number of ether oxygens (including phenoxy) is 1. The third-order valence-electron chi connectivity index (χ3n) is 4.19. The zero-order chi connectivity index (χ0) is 21.3. The Hall–Kier alpha value is -2.64. The first-order valence-corrected chi connectivity index (χ1v) is 11.1. The highest BCUT2D eigenvalue weighted by atomic mass is 32.2. The lowest BCUT2D eigenvalue weighted by atomic mass is 10.0. The fraction of sp³-hybridized carbons (Fsp3) is 0.318. The molecule has 0 aliphatic heterocycles. The zero-order valence-electron chi connectivity index (χ0n) is 16.9. The summed E-state index contributed by atoms with van der Waals surface area (Å²) in [6.45, 7) is 8.21. The van der Waals surface area contributed by atoms with Crippen molar-refractivity contribution in [1.82, 2.24) is 4.72 Å². The van der Waals surface area contributed by atoms with Crippen LogP contribution in [0.25, 0.3) is 0 Å². The van der Waals surface area contributed by atoms with E-state index in [1.165, 1.54) is 11.6 Å². The van der Waals surface area contributed by atoms with Crippen LogP contribution in [0.15, 0.2) is 61.2 Å². The number of sulfonamides is 1. The summed E-state index contributed by atoms with van der Waals surface area (Å²) >= 11 is 0. The molecule has 2 N–H and O–H groups in total. The Labute approximate surface area is 173 Å². The fourth-order valence-corrected chi connectivity index (χ4v) is 3.68. The summed E-state index contributed by atoms with van der Waals surface area (Å²) in [5.74, 6) is 0.901. The minimum Gasteiger partial charge on any atom is -0.493 e. The first-order chi connectivity index (χ1) is 13.8. The molecule has 0 unspecified atom stereocenters. The van der Waals surface area contributed by atoms with Crippen molar-refractivity contribution in [3.63, 3.8) is 0 Å². The lowest BCUT2D eigenvalue weighted by molar-refractivity contribution is -0.116. The van der Waals surface area contributed by atoms with Gasteiger partial charge in [-0.1, -0.05) is 44.2 Å². The second-order valence-corrected chi connectivity index (χ2v) is 8.77. The van der Waals surface area contributed by atoms with E-state index >= 15 is 0 Å². The monoisotopic (exact) mass is 416 g/mol. The van der Waals surface area contributed by atoms with Crippen LogP contribution in [-0.4, -0.2) is 27.5 Å². The Kier molecular flexibility index (Phi) is 8.42. The van der Waals surface area contributed by atoms with E-state index in [1.807, 2.05) is 24.3 Å². The van der Waals surface area contributed by atoms with Gasteiger partial charge in [-0.25, -0.2) is 13.1 Å². The van der Waals surface area contributed by atoms with Crippen LogP contribution < -0.4 is 14.8 Å². The Balaban J connectivity index is 1.78. The number of nitrogens with one attached hydrogen (secondary N) is 2. The first-order valence-electron chi connectivity index (χ1n) is 9.49. The number of carbonyl (C=O) groups is 1. The van der Waals surface area contributed by atoms with Crippen LogP contribution in [0.3, 0.4) is 0 Å². The predicted octanol–water partition coefficient (Wildman–Crippen LogP) is 3.82. The van der Waals surface area contributed by atoms with Gasteiger partial charge in [-0.05, 0) is 41.3 Å². The molecular formula is C22H28N2O4S. The Bertz CT molecular complexity index is 905. The topological polar surface area (TPSA) is 84.5 Å². The zero-order valence-corrected chi connectivity index (χ0v) is 17.7. The molecule has 0 atom stereocenters. The maximum absolute atomic E-state index is 12.1. The van der Waals surface area contributed by atoms with Crippen molar-refractivity contribution < 1.29 is 17.9 Å². The molecule has 2 aromatic rings. The summed E-state index contributed by atoms with van der Waals surface area (Å²) in [7, 11) is -3.40. The van der Waals surface area contributed by atoms with E-state index in [2.05, 4.69) is 30.5 Å². The molecule has 0 aromatic heterocycles. The molecule has 1 amide bonds. The summed E-state index contributed by atoms with van der Waals surface area (Å²) in [5, 5.41) is 2.78. The first kappa shape index (κ1) is 22.6. The number of carbonyl (C=O) groups excluding carboxylic acids is 1. The number of anilines is 1. The molecule has 2 rings (SSSR count). The van der Waals surface area contributed by atoms with Gasteiger partial charge in [-0.2, -0.15) is 0 Å². The van der Waals surface area contributed by atoms with Gasteiger partial charge >= 0.3 is 0 Å². The van der Waals surface area contributed by atoms with Crippen LogP contribution in [0.1, 0.15) is 37.3 Å². The highest BCUT2D eigenvalue weighted by Gasteiger charge is 2.10. The van der Waals surface area contributed by atoms with Crippen LogP contribution in [0.4, 0.5) is 5.69 Å². The van der Waals surface area contributed by atoms with Crippen LogP contribution in [0.2, 0.25) is 0 Å². The number of benzene rings is 2. The van der Waals surface area contributed by atoms with Gasteiger partial charge in [-0.15, -0.1) is 6.58 Å². The molecular weight excluding hydrogens is 388 g/mol. The molecule has 0 bridgehead atoms. The Morgan fingerprint density at radius 1 is 1.10 bits per heavy atom. The summed E-state index contributed by atoms with van der Waals surface area (Å²) in [6, 6.07) is 14.6. The number of amides is 1. The average molecular weight is 417 g/mol. The smallest absolute Gasteiger partial charge is 0.227 e. The second kappa shape index (κ2) is 10.8. The molecule has 2 aromatic carbocycles. The number of hydrogen-bond donors (Lipinski definition) is 2. The van der Waals surface area contributed by atoms with Gasteiger partial charge in [0.05, 0.1) is 18.8 Å². The predicted molar refractivity (Wildman–Crippen MR) is 117 cm³/mol. The molecule has 0 radical (unpaired) electrons. The summed E-state index contributed by atoms with van der Waals surface area (Å²) < 4.78 is 31.8. The molecule has 0 aliphatic carbocycles. The highest BCUT2D eigenvalue weighted by Crippen LogP contribution is 2.18. The van der Waals surface area contributed by atoms with E-state index in [0.29, 0.717) is 17.2 Å². The third kappa shape index (κ3) is 8.09. The van der Waals surface area contributed by atoms with E-state index in [4.69, 9.17) is 4.74 Å². The van der Waals surface area contributed by atoms with E-state index < -0.39 is 10.0 Å². The average Bonchev–Trinajstić information content (AvgIpc) is 2.68. The Morgan fingerprint density at radius 3 is 2.34 bits per heavy atom. The molecule has 0 spiro atoms. The SMILES string of the molecule is C=CCNS(=O)(=O)Cc1ccc(NC(=O)CCOc2ccc(C(C)C)cc2)cc1. The molecule has 7 heteroatoms. The summed E-state index contributed by atoms with van der Waals surface area (Å²) in [6.07, 6.45) is 1.70. The second-order valence-electron chi connectivity index (χ2n) is 6.96. The van der Waals surface area contributed by atoms with Gasteiger partial charge in [0.25, 0.3) is 0 Å². The van der Waals surface area contributed by atoms with Crippen LogP contribution in [0.5, 0.6) is 5.75 Å². The van der Waals surface area contributed by atoms with Crippen molar-refractivity contribution in [2.24, 2.45) is 0 Å². The quantitative estimate of drug-likeness (QED) is 0.546. The largest absolute Gasteiger partial charge is 0.493 e. The minimum atomic E-state index is -3.40. The minimum absolute atomic E-state index is 0.126. The molecule has 156 valence electrons. The molecule has 6 nitrogen and oxygen atoms in total. The number of hydrogen-bond acceptors (Lipinski definition) is 4. The van der Waals surface area contributed by atoms with Gasteiger partial charge < -0.3 is 10.1 Å². The molecule has 0 saturated carbocycles. The van der Waals surface area contributed by atoms with Gasteiger partial charge in [0.15, 0.2) is 0 Å². The van der Waals surface area contributed by atoms with Crippen molar-refractivity contribution in [3.8, 4) is 5.75 Å². The highest BCUT2D eigenvalue weighted by molar-refractivity contribution is 7.88. The summed E-state index contributed by atoms with van der Waals surface area (Å²) in [4.78, 5) is 12.1.